The number of hydrogen-bond acceptors (Lipinski definition) is 5. The van der Waals surface area contributed by atoms with E-state index in [-0.39, 0.29) is 0 Å². The molecule has 0 saturated carbocycles. The van der Waals surface area contributed by atoms with Gasteiger partial charge in [0, 0.05) is 21.9 Å². The highest BCUT2D eigenvalue weighted by Crippen LogP contribution is 2.27. The van der Waals surface area contributed by atoms with Gasteiger partial charge in [-0.2, -0.15) is 5.10 Å². The highest BCUT2D eigenvalue weighted by atomic mass is 32.2. The molecular weight excluding hydrogens is 286 g/mol. The molecule has 3 nitrogen and oxygen atoms in total. The van der Waals surface area contributed by atoms with E-state index in [1.807, 2.05) is 18.3 Å². The molecule has 0 aliphatic carbocycles. The largest absolute Gasteiger partial charge is 0.245 e. The number of benzene rings is 1. The minimum atomic E-state index is 0.850. The minimum absolute atomic E-state index is 0.850. The van der Waals surface area contributed by atoms with Crippen LogP contribution >= 0.6 is 23.1 Å². The predicted molar refractivity (Wildman–Crippen MR) is 85.2 cm³/mol. The maximum atomic E-state index is 4.64. The second-order valence-electron chi connectivity index (χ2n) is 4.51. The second-order valence-corrected chi connectivity index (χ2v) is 6.41. The molecule has 2 aromatic heterocycles. The van der Waals surface area contributed by atoms with E-state index in [2.05, 4.69) is 39.6 Å². The van der Waals surface area contributed by atoms with Crippen LogP contribution in [0.2, 0.25) is 0 Å². The summed E-state index contributed by atoms with van der Waals surface area (Å²) in [7, 11) is 0. The van der Waals surface area contributed by atoms with E-state index < -0.39 is 0 Å². The van der Waals surface area contributed by atoms with Gasteiger partial charge in [0.2, 0.25) is 0 Å². The highest BCUT2D eigenvalue weighted by molar-refractivity contribution is 7.98. The van der Waals surface area contributed by atoms with Crippen molar-refractivity contribution in [2.45, 2.75) is 30.5 Å². The molecule has 0 amide bonds. The Morgan fingerprint density at radius 1 is 1.25 bits per heavy atom. The summed E-state index contributed by atoms with van der Waals surface area (Å²) in [5.41, 5.74) is 1.14. The Labute approximate surface area is 126 Å². The van der Waals surface area contributed by atoms with Gasteiger partial charge in [-0.1, -0.05) is 43.0 Å². The molecule has 0 fully saturated rings. The number of aromatic nitrogens is 3. The lowest BCUT2D eigenvalue weighted by molar-refractivity contribution is 0.901. The lowest BCUT2D eigenvalue weighted by Crippen LogP contribution is -1.89. The van der Waals surface area contributed by atoms with Crippen molar-refractivity contribution < 1.29 is 0 Å². The molecule has 0 N–H and O–H groups in total. The molecule has 0 bridgehead atoms. The van der Waals surface area contributed by atoms with Crippen LogP contribution in [0, 0.1) is 0 Å². The summed E-state index contributed by atoms with van der Waals surface area (Å²) in [6, 6.07) is 8.22. The van der Waals surface area contributed by atoms with E-state index in [9.17, 15) is 0 Å². The summed E-state index contributed by atoms with van der Waals surface area (Å²) < 4.78 is 0. The number of thioether (sulfide) groups is 1. The average molecular weight is 301 g/mol. The summed E-state index contributed by atoms with van der Waals surface area (Å²) in [6.45, 7) is 2.18. The van der Waals surface area contributed by atoms with Crippen LogP contribution in [0.3, 0.4) is 0 Å². The summed E-state index contributed by atoms with van der Waals surface area (Å²) >= 11 is 3.46. The van der Waals surface area contributed by atoms with Crippen LogP contribution in [0.1, 0.15) is 24.0 Å². The van der Waals surface area contributed by atoms with Gasteiger partial charge in [0.1, 0.15) is 5.03 Å². The first-order valence-corrected chi connectivity index (χ1v) is 8.50. The number of nitrogens with zero attached hydrogens (tertiary/aromatic N) is 3. The van der Waals surface area contributed by atoms with Gasteiger partial charge in [-0.05, 0) is 12.8 Å². The summed E-state index contributed by atoms with van der Waals surface area (Å²) in [6.07, 6.45) is 4.03. The van der Waals surface area contributed by atoms with Crippen molar-refractivity contribution in [3.05, 3.63) is 46.5 Å². The maximum Gasteiger partial charge on any atom is 0.127 e. The first-order valence-electron chi connectivity index (χ1n) is 6.63. The molecule has 0 aliphatic heterocycles. The molecule has 1 aromatic carbocycles. The van der Waals surface area contributed by atoms with Crippen molar-refractivity contribution in [3.8, 4) is 0 Å². The SMILES string of the molecule is CCCc1nc(CSc2nncc3ccccc23)cs1. The molecular formula is C15H15N3S2. The molecule has 0 radical (unpaired) electrons. The Bertz CT molecular complexity index is 704. The molecule has 0 atom stereocenters. The van der Waals surface area contributed by atoms with Gasteiger partial charge in [0.25, 0.3) is 0 Å². The van der Waals surface area contributed by atoms with Crippen molar-refractivity contribution >= 4 is 33.9 Å². The molecule has 0 aliphatic rings. The van der Waals surface area contributed by atoms with Gasteiger partial charge in [-0.25, -0.2) is 4.98 Å². The molecule has 0 unspecified atom stereocenters. The first kappa shape index (κ1) is 13.5. The van der Waals surface area contributed by atoms with Crippen LogP contribution in [0.5, 0.6) is 0 Å². The summed E-state index contributed by atoms with van der Waals surface area (Å²) in [5.74, 6) is 0.850. The van der Waals surface area contributed by atoms with E-state index >= 15 is 0 Å². The van der Waals surface area contributed by atoms with Crippen LogP contribution in [-0.4, -0.2) is 15.2 Å². The molecule has 0 saturated heterocycles. The van der Waals surface area contributed by atoms with Crippen molar-refractivity contribution in [2.24, 2.45) is 0 Å². The zero-order chi connectivity index (χ0) is 13.8. The average Bonchev–Trinajstić information content (AvgIpc) is 2.93. The van der Waals surface area contributed by atoms with E-state index in [1.165, 1.54) is 5.01 Å². The molecule has 5 heteroatoms. The van der Waals surface area contributed by atoms with Crippen LogP contribution < -0.4 is 0 Å². The first-order chi connectivity index (χ1) is 9.86. The zero-order valence-corrected chi connectivity index (χ0v) is 12.9. The Kier molecular flexibility index (Phi) is 4.28. The fraction of sp³-hybridized carbons (Fsp3) is 0.267. The van der Waals surface area contributed by atoms with Crippen molar-refractivity contribution in [1.29, 1.82) is 0 Å². The standard InChI is InChI=1S/C15H15N3S2/c1-2-5-14-17-12(9-19-14)10-20-15-13-7-4-3-6-11(13)8-16-18-15/h3-4,6-9H,2,5,10H2,1H3. The van der Waals surface area contributed by atoms with Crippen molar-refractivity contribution in [1.82, 2.24) is 15.2 Å². The summed E-state index contributed by atoms with van der Waals surface area (Å²) in [5, 5.41) is 15.0. The minimum Gasteiger partial charge on any atom is -0.245 e. The fourth-order valence-corrected chi connectivity index (χ4v) is 3.88. The molecule has 0 spiro atoms. The number of fused-ring (bicyclic) bond motifs is 1. The number of rotatable bonds is 5. The topological polar surface area (TPSA) is 38.7 Å². The molecule has 102 valence electrons. The van der Waals surface area contributed by atoms with Gasteiger partial charge in [0.05, 0.1) is 16.9 Å². The summed E-state index contributed by atoms with van der Waals surface area (Å²) in [4.78, 5) is 4.64. The number of aryl methyl sites for hydroxylation is 1. The smallest absolute Gasteiger partial charge is 0.127 e. The Balaban J connectivity index is 1.76. The Hall–Kier alpha value is -1.46. The third-order valence-corrected chi connectivity index (χ3v) is 4.93. The zero-order valence-electron chi connectivity index (χ0n) is 11.2. The molecule has 2 heterocycles. The second kappa shape index (κ2) is 6.33. The molecule has 20 heavy (non-hydrogen) atoms. The van der Waals surface area contributed by atoms with Crippen LogP contribution in [-0.2, 0) is 12.2 Å². The van der Waals surface area contributed by atoms with Crippen molar-refractivity contribution in [2.75, 3.05) is 0 Å². The van der Waals surface area contributed by atoms with Gasteiger partial charge < -0.3 is 0 Å². The lowest BCUT2D eigenvalue weighted by atomic mass is 10.2. The normalized spacial score (nSPS) is 11.1. The maximum absolute atomic E-state index is 4.64. The van der Waals surface area contributed by atoms with Gasteiger partial charge in [-0.3, -0.25) is 0 Å². The van der Waals surface area contributed by atoms with E-state index in [4.69, 9.17) is 0 Å². The van der Waals surface area contributed by atoms with Gasteiger partial charge in [-0.15, -0.1) is 16.4 Å². The van der Waals surface area contributed by atoms with Gasteiger partial charge >= 0.3 is 0 Å². The monoisotopic (exact) mass is 301 g/mol. The Morgan fingerprint density at radius 2 is 2.15 bits per heavy atom. The van der Waals surface area contributed by atoms with E-state index in [0.29, 0.717) is 0 Å². The van der Waals surface area contributed by atoms with Crippen LogP contribution in [0.4, 0.5) is 0 Å². The third-order valence-electron chi connectivity index (χ3n) is 2.96. The lowest BCUT2D eigenvalue weighted by Gasteiger charge is -2.02. The highest BCUT2D eigenvalue weighted by Gasteiger charge is 2.06. The van der Waals surface area contributed by atoms with E-state index in [0.717, 1.165) is 40.1 Å². The predicted octanol–water partition coefficient (Wildman–Crippen LogP) is 4.33. The third kappa shape index (κ3) is 2.99. The van der Waals surface area contributed by atoms with Crippen molar-refractivity contribution in [3.63, 3.8) is 0 Å². The fourth-order valence-electron chi connectivity index (χ4n) is 1.99. The quantitative estimate of drug-likeness (QED) is 0.657. The van der Waals surface area contributed by atoms with Gasteiger partial charge in [0.15, 0.2) is 0 Å². The Morgan fingerprint density at radius 3 is 3.05 bits per heavy atom. The van der Waals surface area contributed by atoms with E-state index in [1.54, 1.807) is 23.1 Å². The number of hydrogen-bond donors (Lipinski definition) is 0. The molecule has 3 aromatic rings. The van der Waals surface area contributed by atoms with Crippen LogP contribution in [0.25, 0.3) is 10.8 Å². The number of thiazole rings is 1. The molecule has 3 rings (SSSR count). The van der Waals surface area contributed by atoms with Crippen LogP contribution in [0.15, 0.2) is 40.9 Å².